The number of hydrogen-bond acceptors (Lipinski definition) is 6. The Balaban J connectivity index is 1.94. The molecule has 0 spiro atoms. The molecule has 1 amide bonds. The number of para-hydroxylation sites is 1. The van der Waals surface area contributed by atoms with E-state index in [9.17, 15) is 4.79 Å². The fraction of sp³-hybridized carbons (Fsp3) is 0.176. The van der Waals surface area contributed by atoms with Crippen LogP contribution in [0.3, 0.4) is 0 Å². The van der Waals surface area contributed by atoms with Crippen molar-refractivity contribution in [1.82, 2.24) is 15.2 Å². The number of carbonyl (C=O) groups is 1. The van der Waals surface area contributed by atoms with Crippen molar-refractivity contribution in [3.63, 3.8) is 0 Å². The Morgan fingerprint density at radius 2 is 2.00 bits per heavy atom. The first-order valence-electron chi connectivity index (χ1n) is 7.40. The van der Waals surface area contributed by atoms with E-state index in [-0.39, 0.29) is 5.91 Å². The molecule has 0 bridgehead atoms. The second-order valence-corrected chi connectivity index (χ2v) is 6.88. The van der Waals surface area contributed by atoms with E-state index in [1.54, 1.807) is 29.1 Å². The Morgan fingerprint density at radius 3 is 2.71 bits per heavy atom. The third-order valence-corrected chi connectivity index (χ3v) is 4.87. The zero-order valence-electron chi connectivity index (χ0n) is 13.1. The Labute approximate surface area is 148 Å². The summed E-state index contributed by atoms with van der Waals surface area (Å²) < 4.78 is 0. The highest BCUT2D eigenvalue weighted by Crippen LogP contribution is 2.33. The molecule has 0 saturated heterocycles. The predicted molar refractivity (Wildman–Crippen MR) is 99.7 cm³/mol. The van der Waals surface area contributed by atoms with Gasteiger partial charge in [-0.2, -0.15) is 11.8 Å². The minimum absolute atomic E-state index is 0.0180. The molecule has 0 saturated carbocycles. The van der Waals surface area contributed by atoms with Gasteiger partial charge in [-0.25, -0.2) is 0 Å². The van der Waals surface area contributed by atoms with Crippen LogP contribution in [0.1, 0.15) is 6.42 Å². The number of thioether (sulfide) groups is 1. The number of nitrogens with zero attached hydrogens (tertiary/aromatic N) is 4. The fourth-order valence-corrected chi connectivity index (χ4v) is 3.40. The van der Waals surface area contributed by atoms with Gasteiger partial charge in [0.25, 0.3) is 0 Å². The van der Waals surface area contributed by atoms with Gasteiger partial charge in [0, 0.05) is 30.1 Å². The Hall–Kier alpha value is -2.25. The number of carbonyl (C=O) groups excluding carboxylic acids is 1. The van der Waals surface area contributed by atoms with E-state index in [0.717, 1.165) is 22.0 Å². The number of aromatic nitrogens is 3. The van der Waals surface area contributed by atoms with Gasteiger partial charge in [0.2, 0.25) is 11.0 Å². The third kappa shape index (κ3) is 3.80. The summed E-state index contributed by atoms with van der Waals surface area (Å²) in [7, 11) is 0. The molecule has 2 aromatic heterocycles. The van der Waals surface area contributed by atoms with Crippen LogP contribution in [0.4, 0.5) is 10.8 Å². The molecule has 0 aliphatic rings. The van der Waals surface area contributed by atoms with E-state index in [0.29, 0.717) is 11.6 Å². The summed E-state index contributed by atoms with van der Waals surface area (Å²) in [5.74, 6) is 0.792. The maximum atomic E-state index is 12.7. The molecule has 0 atom stereocenters. The summed E-state index contributed by atoms with van der Waals surface area (Å²) in [6, 6.07) is 13.3. The smallest absolute Gasteiger partial charge is 0.234 e. The van der Waals surface area contributed by atoms with Gasteiger partial charge in [0.15, 0.2) is 5.01 Å². The summed E-state index contributed by atoms with van der Waals surface area (Å²) >= 11 is 3.04. The lowest BCUT2D eigenvalue weighted by atomic mass is 10.3. The van der Waals surface area contributed by atoms with Crippen LogP contribution in [-0.2, 0) is 4.79 Å². The summed E-state index contributed by atoms with van der Waals surface area (Å²) in [5, 5.41) is 9.78. The van der Waals surface area contributed by atoms with Crippen molar-refractivity contribution in [3.05, 3.63) is 54.9 Å². The minimum atomic E-state index is 0.0180. The molecule has 0 unspecified atom stereocenters. The number of benzene rings is 1. The van der Waals surface area contributed by atoms with Gasteiger partial charge in [-0.1, -0.05) is 29.5 Å². The van der Waals surface area contributed by atoms with E-state index < -0.39 is 0 Å². The second-order valence-electron chi connectivity index (χ2n) is 4.94. The number of rotatable bonds is 6. The van der Waals surface area contributed by atoms with Crippen molar-refractivity contribution in [2.45, 2.75) is 6.42 Å². The first-order valence-corrected chi connectivity index (χ1v) is 9.61. The fourth-order valence-electron chi connectivity index (χ4n) is 2.15. The van der Waals surface area contributed by atoms with Gasteiger partial charge >= 0.3 is 0 Å². The zero-order chi connectivity index (χ0) is 16.8. The molecule has 0 N–H and O–H groups in total. The standard InChI is InChI=1S/C17H16N4OS2/c1-23-11-9-15(22)21(14-7-3-2-4-8-14)17-20-19-16(24-17)13-6-5-10-18-12-13/h2-8,10,12H,9,11H2,1H3. The molecule has 2 heterocycles. The molecular formula is C17H16N4OS2. The van der Waals surface area contributed by atoms with Crippen molar-refractivity contribution in [3.8, 4) is 10.6 Å². The summed E-state index contributed by atoms with van der Waals surface area (Å²) in [6.07, 6.45) is 5.91. The first kappa shape index (κ1) is 16.6. The highest BCUT2D eigenvalue weighted by molar-refractivity contribution is 7.98. The number of pyridine rings is 1. The molecule has 1 aromatic carbocycles. The largest absolute Gasteiger partial charge is 0.274 e. The Kier molecular flexibility index (Phi) is 5.55. The minimum Gasteiger partial charge on any atom is -0.274 e. The summed E-state index contributed by atoms with van der Waals surface area (Å²) in [6.45, 7) is 0. The van der Waals surface area contributed by atoms with E-state index in [1.165, 1.54) is 11.3 Å². The SMILES string of the molecule is CSCCC(=O)N(c1ccccc1)c1nnc(-c2cccnc2)s1. The second kappa shape index (κ2) is 8.03. The van der Waals surface area contributed by atoms with Gasteiger partial charge in [-0.05, 0) is 30.5 Å². The van der Waals surface area contributed by atoms with E-state index >= 15 is 0 Å². The average Bonchev–Trinajstić information content (AvgIpc) is 3.11. The molecule has 122 valence electrons. The Morgan fingerprint density at radius 1 is 1.17 bits per heavy atom. The third-order valence-electron chi connectivity index (χ3n) is 3.30. The van der Waals surface area contributed by atoms with Crippen LogP contribution >= 0.6 is 23.1 Å². The molecule has 5 nitrogen and oxygen atoms in total. The van der Waals surface area contributed by atoms with E-state index in [1.807, 2.05) is 48.7 Å². The van der Waals surface area contributed by atoms with Gasteiger partial charge in [0.1, 0.15) is 0 Å². The highest BCUT2D eigenvalue weighted by Gasteiger charge is 2.22. The van der Waals surface area contributed by atoms with Crippen molar-refractivity contribution < 1.29 is 4.79 Å². The van der Waals surface area contributed by atoms with E-state index in [2.05, 4.69) is 15.2 Å². The average molecular weight is 356 g/mol. The van der Waals surface area contributed by atoms with Crippen molar-refractivity contribution in [1.29, 1.82) is 0 Å². The molecule has 0 fully saturated rings. The van der Waals surface area contributed by atoms with Gasteiger partial charge < -0.3 is 0 Å². The zero-order valence-corrected chi connectivity index (χ0v) is 14.8. The maximum Gasteiger partial charge on any atom is 0.234 e. The lowest BCUT2D eigenvalue weighted by Gasteiger charge is -2.19. The first-order chi connectivity index (χ1) is 11.8. The van der Waals surface area contributed by atoms with E-state index in [4.69, 9.17) is 0 Å². The van der Waals surface area contributed by atoms with Crippen LogP contribution in [0, 0.1) is 0 Å². The number of hydrogen-bond donors (Lipinski definition) is 0. The molecular weight excluding hydrogens is 340 g/mol. The lowest BCUT2D eigenvalue weighted by molar-refractivity contribution is -0.117. The summed E-state index contributed by atoms with van der Waals surface area (Å²) in [4.78, 5) is 18.4. The van der Waals surface area contributed by atoms with Gasteiger partial charge in [-0.15, -0.1) is 10.2 Å². The molecule has 0 aliphatic carbocycles. The van der Waals surface area contributed by atoms with Crippen molar-refractivity contribution in [2.24, 2.45) is 0 Å². The van der Waals surface area contributed by atoms with Gasteiger partial charge in [-0.3, -0.25) is 14.7 Å². The Bertz CT molecular complexity index is 793. The molecule has 3 rings (SSSR count). The summed E-state index contributed by atoms with van der Waals surface area (Å²) in [5.41, 5.74) is 1.70. The van der Waals surface area contributed by atoms with Crippen molar-refractivity contribution in [2.75, 3.05) is 16.9 Å². The highest BCUT2D eigenvalue weighted by atomic mass is 32.2. The van der Waals surface area contributed by atoms with Crippen LogP contribution in [-0.4, -0.2) is 33.1 Å². The monoisotopic (exact) mass is 356 g/mol. The molecule has 0 aliphatic heterocycles. The van der Waals surface area contributed by atoms with Crippen LogP contribution in [0.2, 0.25) is 0 Å². The van der Waals surface area contributed by atoms with Crippen LogP contribution in [0.5, 0.6) is 0 Å². The number of anilines is 2. The lowest BCUT2D eigenvalue weighted by Crippen LogP contribution is -2.26. The predicted octanol–water partition coefficient (Wildman–Crippen LogP) is 4.02. The normalized spacial score (nSPS) is 10.5. The topological polar surface area (TPSA) is 59.0 Å². The molecule has 3 aromatic rings. The molecule has 7 heteroatoms. The quantitative estimate of drug-likeness (QED) is 0.668. The maximum absolute atomic E-state index is 12.7. The molecule has 0 radical (unpaired) electrons. The number of amides is 1. The van der Waals surface area contributed by atoms with Crippen molar-refractivity contribution >= 4 is 39.8 Å². The van der Waals surface area contributed by atoms with Gasteiger partial charge in [0.05, 0.1) is 5.69 Å². The van der Waals surface area contributed by atoms with Crippen LogP contribution < -0.4 is 4.90 Å². The van der Waals surface area contributed by atoms with Crippen LogP contribution in [0.15, 0.2) is 54.9 Å². The molecule has 24 heavy (non-hydrogen) atoms. The van der Waals surface area contributed by atoms with Crippen LogP contribution in [0.25, 0.3) is 10.6 Å².